The number of nitrogens with zero attached hydrogens (tertiary/aromatic N) is 2. The predicted molar refractivity (Wildman–Crippen MR) is 118 cm³/mol. The maximum Gasteiger partial charge on any atom is 0.243 e. The van der Waals surface area contributed by atoms with Gasteiger partial charge in [-0.1, -0.05) is 36.4 Å². The van der Waals surface area contributed by atoms with Crippen molar-refractivity contribution in [1.29, 1.82) is 0 Å². The van der Waals surface area contributed by atoms with Crippen molar-refractivity contribution in [2.45, 2.75) is 11.4 Å². The third kappa shape index (κ3) is 4.14. The molecule has 3 aromatic rings. The summed E-state index contributed by atoms with van der Waals surface area (Å²) in [5.41, 5.74) is 1.06. The smallest absolute Gasteiger partial charge is 0.243 e. The van der Waals surface area contributed by atoms with Crippen molar-refractivity contribution in [1.82, 2.24) is 9.21 Å². The van der Waals surface area contributed by atoms with Crippen LogP contribution in [0.3, 0.4) is 0 Å². The molecule has 0 spiro atoms. The fourth-order valence-corrected chi connectivity index (χ4v) is 5.29. The van der Waals surface area contributed by atoms with Crippen LogP contribution in [0.1, 0.15) is 5.56 Å². The standard InChI is InChI=1S/C23H26N2O4S/c1-28-21-9-7-20(23(16-21)29-2)17-24-11-13-25(14-12-24)30(26,27)22-10-8-18-5-3-4-6-19(18)15-22/h3-10,15-16H,11-14,17H2,1-2H3. The van der Waals surface area contributed by atoms with Crippen molar-refractivity contribution in [2.24, 2.45) is 0 Å². The van der Waals surface area contributed by atoms with E-state index in [0.717, 1.165) is 27.8 Å². The van der Waals surface area contributed by atoms with Gasteiger partial charge in [0, 0.05) is 44.4 Å². The second-order valence-electron chi connectivity index (χ2n) is 7.37. The highest BCUT2D eigenvalue weighted by molar-refractivity contribution is 7.89. The Morgan fingerprint density at radius 3 is 2.27 bits per heavy atom. The molecule has 158 valence electrons. The Balaban J connectivity index is 1.44. The zero-order chi connectivity index (χ0) is 21.1. The van der Waals surface area contributed by atoms with Crippen molar-refractivity contribution in [3.05, 3.63) is 66.2 Å². The summed E-state index contributed by atoms with van der Waals surface area (Å²) in [6.07, 6.45) is 0. The van der Waals surface area contributed by atoms with Crippen LogP contribution in [0.25, 0.3) is 10.8 Å². The van der Waals surface area contributed by atoms with Gasteiger partial charge in [-0.2, -0.15) is 4.31 Å². The quantitative estimate of drug-likeness (QED) is 0.605. The maximum absolute atomic E-state index is 13.1. The van der Waals surface area contributed by atoms with Crippen molar-refractivity contribution in [3.63, 3.8) is 0 Å². The number of benzene rings is 3. The van der Waals surface area contributed by atoms with Gasteiger partial charge in [-0.3, -0.25) is 4.90 Å². The number of methoxy groups -OCH3 is 2. The summed E-state index contributed by atoms with van der Waals surface area (Å²) >= 11 is 0. The first-order valence-corrected chi connectivity index (χ1v) is 11.4. The maximum atomic E-state index is 13.1. The summed E-state index contributed by atoms with van der Waals surface area (Å²) in [5, 5.41) is 1.97. The van der Waals surface area contributed by atoms with Crippen LogP contribution in [0.4, 0.5) is 0 Å². The molecule has 1 aliphatic rings. The Morgan fingerprint density at radius 2 is 1.57 bits per heavy atom. The first kappa shape index (κ1) is 20.7. The van der Waals surface area contributed by atoms with Gasteiger partial charge in [0.1, 0.15) is 11.5 Å². The number of sulfonamides is 1. The third-order valence-electron chi connectivity index (χ3n) is 5.58. The summed E-state index contributed by atoms with van der Waals surface area (Å²) in [5.74, 6) is 1.53. The van der Waals surface area contributed by atoms with E-state index >= 15 is 0 Å². The Kier molecular flexibility index (Phi) is 5.94. The topological polar surface area (TPSA) is 59.1 Å². The lowest BCUT2D eigenvalue weighted by Gasteiger charge is -2.34. The minimum Gasteiger partial charge on any atom is -0.497 e. The van der Waals surface area contributed by atoms with Crippen LogP contribution in [-0.4, -0.2) is 58.0 Å². The molecule has 0 aromatic heterocycles. The second-order valence-corrected chi connectivity index (χ2v) is 9.30. The Bertz CT molecular complexity index is 1140. The third-order valence-corrected chi connectivity index (χ3v) is 7.47. The largest absolute Gasteiger partial charge is 0.497 e. The lowest BCUT2D eigenvalue weighted by Crippen LogP contribution is -2.48. The minimum absolute atomic E-state index is 0.353. The van der Waals surface area contributed by atoms with Gasteiger partial charge < -0.3 is 9.47 Å². The average Bonchev–Trinajstić information content (AvgIpc) is 2.79. The molecule has 1 aliphatic heterocycles. The first-order chi connectivity index (χ1) is 14.5. The van der Waals surface area contributed by atoms with Gasteiger partial charge in [-0.15, -0.1) is 0 Å². The van der Waals surface area contributed by atoms with Gasteiger partial charge in [0.15, 0.2) is 0 Å². The number of ether oxygens (including phenoxy) is 2. The molecule has 0 bridgehead atoms. The van der Waals surface area contributed by atoms with Gasteiger partial charge in [-0.25, -0.2) is 8.42 Å². The summed E-state index contributed by atoms with van der Waals surface area (Å²) in [7, 11) is -0.232. The predicted octanol–water partition coefficient (Wildman–Crippen LogP) is 3.36. The molecular weight excluding hydrogens is 400 g/mol. The van der Waals surface area contributed by atoms with E-state index in [2.05, 4.69) is 4.90 Å². The molecule has 6 nitrogen and oxygen atoms in total. The Morgan fingerprint density at radius 1 is 0.833 bits per heavy atom. The molecule has 0 radical (unpaired) electrons. The van der Waals surface area contributed by atoms with Crippen molar-refractivity contribution in [2.75, 3.05) is 40.4 Å². The highest BCUT2D eigenvalue weighted by Gasteiger charge is 2.29. The normalized spacial score (nSPS) is 15.9. The molecule has 0 aliphatic carbocycles. The van der Waals surface area contributed by atoms with E-state index in [-0.39, 0.29) is 0 Å². The van der Waals surface area contributed by atoms with Gasteiger partial charge in [0.25, 0.3) is 0 Å². The number of hydrogen-bond donors (Lipinski definition) is 0. The molecule has 3 aromatic carbocycles. The summed E-state index contributed by atoms with van der Waals surface area (Å²) in [6, 6.07) is 18.9. The van der Waals surface area contributed by atoms with E-state index in [9.17, 15) is 8.42 Å². The molecular formula is C23H26N2O4S. The average molecular weight is 427 g/mol. The number of fused-ring (bicyclic) bond motifs is 1. The second kappa shape index (κ2) is 8.63. The molecule has 0 N–H and O–H groups in total. The van der Waals surface area contributed by atoms with Gasteiger partial charge >= 0.3 is 0 Å². The van der Waals surface area contributed by atoms with E-state index in [4.69, 9.17) is 9.47 Å². The number of rotatable bonds is 6. The number of piperazine rings is 1. The van der Waals surface area contributed by atoms with Gasteiger partial charge in [0.2, 0.25) is 10.0 Å². The summed E-state index contributed by atoms with van der Waals surface area (Å²) in [6.45, 7) is 2.97. The fourth-order valence-electron chi connectivity index (χ4n) is 3.83. The summed E-state index contributed by atoms with van der Waals surface area (Å²) in [4.78, 5) is 2.60. The van der Waals surface area contributed by atoms with Crippen LogP contribution in [0.5, 0.6) is 11.5 Å². The van der Waals surface area contributed by atoms with Crippen LogP contribution in [0, 0.1) is 0 Å². The van der Waals surface area contributed by atoms with Crippen molar-refractivity contribution < 1.29 is 17.9 Å². The van der Waals surface area contributed by atoms with E-state index < -0.39 is 10.0 Å². The lowest BCUT2D eigenvalue weighted by atomic mass is 10.1. The molecule has 7 heteroatoms. The molecule has 0 amide bonds. The van der Waals surface area contributed by atoms with Crippen LogP contribution < -0.4 is 9.47 Å². The van der Waals surface area contributed by atoms with E-state index in [1.165, 1.54) is 0 Å². The monoisotopic (exact) mass is 426 g/mol. The fraction of sp³-hybridized carbons (Fsp3) is 0.304. The molecule has 0 saturated carbocycles. The Hall–Kier alpha value is -2.61. The van der Waals surface area contributed by atoms with Gasteiger partial charge in [-0.05, 0) is 29.0 Å². The zero-order valence-electron chi connectivity index (χ0n) is 17.2. The highest BCUT2D eigenvalue weighted by Crippen LogP contribution is 2.27. The van der Waals surface area contributed by atoms with Crippen LogP contribution in [0.2, 0.25) is 0 Å². The SMILES string of the molecule is COc1ccc(CN2CCN(S(=O)(=O)c3ccc4ccccc4c3)CC2)c(OC)c1. The van der Waals surface area contributed by atoms with E-state index in [1.807, 2.05) is 48.5 Å². The van der Waals surface area contributed by atoms with Crippen molar-refractivity contribution >= 4 is 20.8 Å². The van der Waals surface area contributed by atoms with Crippen LogP contribution in [-0.2, 0) is 16.6 Å². The van der Waals surface area contributed by atoms with Crippen LogP contribution in [0.15, 0.2) is 65.6 Å². The number of hydrogen-bond acceptors (Lipinski definition) is 5. The molecule has 0 atom stereocenters. The molecule has 0 unspecified atom stereocenters. The van der Waals surface area contributed by atoms with E-state index in [1.54, 1.807) is 30.7 Å². The lowest BCUT2D eigenvalue weighted by molar-refractivity contribution is 0.180. The zero-order valence-corrected chi connectivity index (χ0v) is 18.1. The molecule has 1 heterocycles. The first-order valence-electron chi connectivity index (χ1n) is 9.93. The Labute approximate surface area is 177 Å². The summed E-state index contributed by atoms with van der Waals surface area (Å²) < 4.78 is 38.6. The molecule has 30 heavy (non-hydrogen) atoms. The van der Waals surface area contributed by atoms with Crippen LogP contribution >= 0.6 is 0 Å². The highest BCUT2D eigenvalue weighted by atomic mass is 32.2. The minimum atomic E-state index is -3.51. The molecule has 4 rings (SSSR count). The molecule has 1 saturated heterocycles. The molecule has 1 fully saturated rings. The van der Waals surface area contributed by atoms with E-state index in [0.29, 0.717) is 37.6 Å². The van der Waals surface area contributed by atoms with Gasteiger partial charge in [0.05, 0.1) is 19.1 Å². The van der Waals surface area contributed by atoms with Crippen molar-refractivity contribution in [3.8, 4) is 11.5 Å².